The minimum Gasteiger partial charge on any atom is -0.388 e. The summed E-state index contributed by atoms with van der Waals surface area (Å²) in [4.78, 5) is 0. The zero-order valence-corrected chi connectivity index (χ0v) is 14.3. The van der Waals surface area contributed by atoms with Gasteiger partial charge in [-0.1, -0.05) is 0 Å². The molecule has 21 heavy (non-hydrogen) atoms. The van der Waals surface area contributed by atoms with E-state index in [2.05, 4.69) is 0 Å². The fourth-order valence-electron chi connectivity index (χ4n) is 4.58. The Bertz CT molecular complexity index is 478. The molecule has 0 bridgehead atoms. The summed E-state index contributed by atoms with van der Waals surface area (Å²) in [7, 11) is -3.20. The van der Waals surface area contributed by atoms with E-state index in [0.717, 1.165) is 43.6 Å². The topological polar surface area (TPSA) is 63.6 Å². The van der Waals surface area contributed by atoms with Gasteiger partial charge in [-0.05, 0) is 62.4 Å². The van der Waals surface area contributed by atoms with Gasteiger partial charge in [-0.2, -0.15) is 11.8 Å². The van der Waals surface area contributed by atoms with Crippen LogP contribution in [-0.2, 0) is 14.6 Å². The Morgan fingerprint density at radius 3 is 2.57 bits per heavy atom. The van der Waals surface area contributed by atoms with E-state index in [1.54, 1.807) is 0 Å². The number of ether oxygens (including phenoxy) is 1. The van der Waals surface area contributed by atoms with Gasteiger partial charge < -0.3 is 9.84 Å². The van der Waals surface area contributed by atoms with Crippen LogP contribution in [0.2, 0.25) is 0 Å². The molecule has 1 N–H and O–H groups in total. The molecule has 122 valence electrons. The molecule has 3 rings (SSSR count). The van der Waals surface area contributed by atoms with E-state index >= 15 is 0 Å². The summed E-state index contributed by atoms with van der Waals surface area (Å²) in [5.74, 6) is 2.29. The Labute approximate surface area is 131 Å². The molecule has 2 aliphatic heterocycles. The maximum Gasteiger partial charge on any atom is 0.153 e. The van der Waals surface area contributed by atoms with E-state index in [4.69, 9.17) is 4.74 Å². The molecular formula is C15H26O4S2. The van der Waals surface area contributed by atoms with Gasteiger partial charge in [0.1, 0.15) is 0 Å². The van der Waals surface area contributed by atoms with E-state index in [-0.39, 0.29) is 11.5 Å². The maximum absolute atomic E-state index is 12.1. The van der Waals surface area contributed by atoms with Crippen LogP contribution in [0, 0.1) is 5.92 Å². The maximum atomic E-state index is 12.1. The highest BCUT2D eigenvalue weighted by Crippen LogP contribution is 2.49. The highest BCUT2D eigenvalue weighted by Gasteiger charge is 2.54. The summed E-state index contributed by atoms with van der Waals surface area (Å²) < 4.78 is 30.2. The average Bonchev–Trinajstić information content (AvgIpc) is 2.83. The molecule has 3 unspecified atom stereocenters. The van der Waals surface area contributed by atoms with Gasteiger partial charge in [-0.3, -0.25) is 0 Å². The molecule has 1 saturated carbocycles. The van der Waals surface area contributed by atoms with Crippen molar-refractivity contribution in [3.63, 3.8) is 0 Å². The molecule has 0 amide bonds. The van der Waals surface area contributed by atoms with Crippen molar-refractivity contribution in [3.05, 3.63) is 0 Å². The second kappa shape index (κ2) is 5.69. The fourth-order valence-corrected chi connectivity index (χ4v) is 7.46. The highest BCUT2D eigenvalue weighted by molar-refractivity contribution is 7.99. The van der Waals surface area contributed by atoms with Gasteiger partial charge in [-0.15, -0.1) is 0 Å². The molecule has 1 spiro atoms. The zero-order valence-electron chi connectivity index (χ0n) is 12.7. The predicted molar refractivity (Wildman–Crippen MR) is 85.4 cm³/mol. The van der Waals surface area contributed by atoms with Crippen molar-refractivity contribution in [3.8, 4) is 0 Å². The van der Waals surface area contributed by atoms with Crippen LogP contribution < -0.4 is 0 Å². The number of hydrogen-bond acceptors (Lipinski definition) is 5. The Balaban J connectivity index is 1.82. The van der Waals surface area contributed by atoms with Crippen molar-refractivity contribution in [2.24, 2.45) is 5.92 Å². The first-order valence-corrected chi connectivity index (χ1v) is 11.1. The Morgan fingerprint density at radius 2 is 1.90 bits per heavy atom. The quantitative estimate of drug-likeness (QED) is 0.837. The molecule has 6 heteroatoms. The van der Waals surface area contributed by atoms with Crippen LogP contribution >= 0.6 is 11.8 Å². The molecular weight excluding hydrogens is 308 g/mol. The van der Waals surface area contributed by atoms with E-state index in [1.165, 1.54) is 6.26 Å². The fraction of sp³-hybridized carbons (Fsp3) is 1.00. The van der Waals surface area contributed by atoms with E-state index in [0.29, 0.717) is 19.4 Å². The largest absolute Gasteiger partial charge is 0.388 e. The molecule has 0 radical (unpaired) electrons. The van der Waals surface area contributed by atoms with Crippen LogP contribution in [0.4, 0.5) is 0 Å². The summed E-state index contributed by atoms with van der Waals surface area (Å²) >= 11 is 1.96. The third kappa shape index (κ3) is 3.01. The van der Waals surface area contributed by atoms with Crippen molar-refractivity contribution in [2.45, 2.75) is 61.4 Å². The Kier molecular flexibility index (Phi) is 4.36. The third-order valence-electron chi connectivity index (χ3n) is 5.72. The van der Waals surface area contributed by atoms with Crippen molar-refractivity contribution < 1.29 is 18.3 Å². The van der Waals surface area contributed by atoms with Crippen LogP contribution in [0.25, 0.3) is 0 Å². The normalized spacial score (nSPS) is 40.5. The standard InChI is InChI=1S/C15H26O4S2/c1-21(17,18)13-3-2-5-15(13,16)12-4-8-19-14(11-12)6-9-20-10-7-14/h12-13,16H,2-11H2,1H3. The van der Waals surface area contributed by atoms with Crippen LogP contribution in [0.1, 0.15) is 44.9 Å². The van der Waals surface area contributed by atoms with Gasteiger partial charge in [0.25, 0.3) is 0 Å². The van der Waals surface area contributed by atoms with Gasteiger partial charge in [0.05, 0.1) is 16.5 Å². The molecule has 1 aliphatic carbocycles. The van der Waals surface area contributed by atoms with Gasteiger partial charge in [-0.25, -0.2) is 8.42 Å². The van der Waals surface area contributed by atoms with Crippen LogP contribution in [0.5, 0.6) is 0 Å². The van der Waals surface area contributed by atoms with E-state index < -0.39 is 20.7 Å². The van der Waals surface area contributed by atoms with Crippen molar-refractivity contribution in [1.82, 2.24) is 0 Å². The van der Waals surface area contributed by atoms with E-state index in [1.807, 2.05) is 11.8 Å². The Morgan fingerprint density at radius 1 is 1.19 bits per heavy atom. The third-order valence-corrected chi connectivity index (χ3v) is 8.39. The number of aliphatic hydroxyl groups is 1. The first-order valence-electron chi connectivity index (χ1n) is 7.99. The minimum atomic E-state index is -3.20. The average molecular weight is 335 g/mol. The molecule has 4 nitrogen and oxygen atoms in total. The van der Waals surface area contributed by atoms with Crippen LogP contribution in [-0.4, -0.2) is 54.3 Å². The lowest BCUT2D eigenvalue weighted by atomic mass is 9.73. The molecule has 0 aromatic rings. The van der Waals surface area contributed by atoms with E-state index in [9.17, 15) is 13.5 Å². The zero-order chi connectivity index (χ0) is 15.1. The molecule has 3 atom stereocenters. The predicted octanol–water partition coefficient (Wildman–Crippen LogP) is 2.01. The number of hydrogen-bond donors (Lipinski definition) is 1. The molecule has 2 saturated heterocycles. The summed E-state index contributed by atoms with van der Waals surface area (Å²) in [6, 6.07) is 0. The van der Waals surface area contributed by atoms with Crippen LogP contribution in [0.3, 0.4) is 0 Å². The lowest BCUT2D eigenvalue weighted by Crippen LogP contribution is -2.54. The first kappa shape index (κ1) is 16.1. The summed E-state index contributed by atoms with van der Waals surface area (Å²) in [6.07, 6.45) is 7.01. The second-order valence-corrected chi connectivity index (χ2v) is 10.5. The molecule has 3 aliphatic rings. The van der Waals surface area contributed by atoms with Crippen LogP contribution in [0.15, 0.2) is 0 Å². The summed E-state index contributed by atoms with van der Waals surface area (Å²) in [6.45, 7) is 0.661. The monoisotopic (exact) mass is 334 g/mol. The molecule has 3 fully saturated rings. The first-order chi connectivity index (χ1) is 9.86. The van der Waals surface area contributed by atoms with Crippen molar-refractivity contribution in [2.75, 3.05) is 24.4 Å². The lowest BCUT2D eigenvalue weighted by Gasteiger charge is -2.48. The molecule has 0 aromatic carbocycles. The number of rotatable bonds is 2. The van der Waals surface area contributed by atoms with Gasteiger partial charge >= 0.3 is 0 Å². The minimum absolute atomic E-state index is 0.0663. The lowest BCUT2D eigenvalue weighted by molar-refractivity contribution is -0.143. The number of sulfone groups is 1. The smallest absolute Gasteiger partial charge is 0.153 e. The number of thioether (sulfide) groups is 1. The van der Waals surface area contributed by atoms with Gasteiger partial charge in [0.15, 0.2) is 9.84 Å². The van der Waals surface area contributed by atoms with Crippen molar-refractivity contribution >= 4 is 21.6 Å². The Hall–Kier alpha value is 0.220. The van der Waals surface area contributed by atoms with Crippen molar-refractivity contribution in [1.29, 1.82) is 0 Å². The SMILES string of the molecule is CS(=O)(=O)C1CCCC1(O)C1CCOC2(CCSCC2)C1. The van der Waals surface area contributed by atoms with Gasteiger partial charge in [0, 0.05) is 12.9 Å². The highest BCUT2D eigenvalue weighted by atomic mass is 32.2. The summed E-state index contributed by atoms with van der Waals surface area (Å²) in [5, 5.41) is 10.6. The summed E-state index contributed by atoms with van der Waals surface area (Å²) in [5.41, 5.74) is -1.14. The molecule has 2 heterocycles. The van der Waals surface area contributed by atoms with Gasteiger partial charge in [0.2, 0.25) is 0 Å². The second-order valence-electron chi connectivity index (χ2n) is 7.04. The molecule has 0 aromatic heterocycles.